The number of pyridine rings is 1. The third kappa shape index (κ3) is 3.79. The molecule has 1 aliphatic carbocycles. The second-order valence-electron chi connectivity index (χ2n) is 6.84. The minimum atomic E-state index is -0.929. The number of fused-ring (bicyclic) bond motifs is 1. The van der Waals surface area contributed by atoms with Crippen molar-refractivity contribution in [1.82, 2.24) is 14.5 Å². The normalized spacial score (nSPS) is 14.9. The zero-order valence-electron chi connectivity index (χ0n) is 15.0. The SMILES string of the molecule is C[C@H](O)Cn1c(=O)c(Oc2ccc(F)cc2F)cc2cnc(NC3CC3)nc21. The number of ether oxygens (including phenoxy) is 1. The number of nitrogens with zero attached hydrogens (tertiary/aromatic N) is 3. The van der Waals surface area contributed by atoms with Crippen molar-refractivity contribution in [3.63, 3.8) is 0 Å². The number of anilines is 1. The molecule has 0 saturated heterocycles. The number of hydrogen-bond donors (Lipinski definition) is 2. The number of rotatable bonds is 6. The van der Waals surface area contributed by atoms with Gasteiger partial charge in [-0.15, -0.1) is 0 Å². The molecule has 0 bridgehead atoms. The number of halogens is 2. The van der Waals surface area contributed by atoms with Crippen LogP contribution in [-0.4, -0.2) is 31.8 Å². The Bertz CT molecular complexity index is 1100. The van der Waals surface area contributed by atoms with Gasteiger partial charge in [-0.1, -0.05) is 0 Å². The molecule has 3 aromatic rings. The van der Waals surface area contributed by atoms with E-state index in [2.05, 4.69) is 15.3 Å². The third-order valence-corrected chi connectivity index (χ3v) is 4.27. The quantitative estimate of drug-likeness (QED) is 0.675. The van der Waals surface area contributed by atoms with Gasteiger partial charge < -0.3 is 15.2 Å². The van der Waals surface area contributed by atoms with Gasteiger partial charge in [0.1, 0.15) is 11.5 Å². The highest BCUT2D eigenvalue weighted by atomic mass is 19.1. The van der Waals surface area contributed by atoms with E-state index in [1.54, 1.807) is 0 Å². The third-order valence-electron chi connectivity index (χ3n) is 4.27. The van der Waals surface area contributed by atoms with Crippen molar-refractivity contribution in [3.8, 4) is 11.5 Å². The van der Waals surface area contributed by atoms with Crippen molar-refractivity contribution in [1.29, 1.82) is 0 Å². The molecule has 0 amide bonds. The van der Waals surface area contributed by atoms with E-state index in [4.69, 9.17) is 4.74 Å². The fourth-order valence-electron chi connectivity index (χ4n) is 2.80. The largest absolute Gasteiger partial charge is 0.448 e. The van der Waals surface area contributed by atoms with Crippen molar-refractivity contribution < 1.29 is 18.6 Å². The maximum atomic E-state index is 13.9. The molecule has 1 atom stereocenters. The fraction of sp³-hybridized carbons (Fsp3) is 0.316. The van der Waals surface area contributed by atoms with Crippen LogP contribution in [0.2, 0.25) is 0 Å². The zero-order chi connectivity index (χ0) is 19.8. The van der Waals surface area contributed by atoms with Crippen LogP contribution in [0, 0.1) is 11.6 Å². The minimum Gasteiger partial charge on any atom is -0.448 e. The summed E-state index contributed by atoms with van der Waals surface area (Å²) < 4.78 is 33.7. The predicted octanol–water partition coefficient (Wildman–Crippen LogP) is 2.82. The van der Waals surface area contributed by atoms with Gasteiger partial charge >= 0.3 is 0 Å². The first kappa shape index (κ1) is 18.3. The molecule has 0 radical (unpaired) electrons. The lowest BCUT2D eigenvalue weighted by atomic mass is 10.3. The van der Waals surface area contributed by atoms with Crippen molar-refractivity contribution in [2.24, 2.45) is 0 Å². The van der Waals surface area contributed by atoms with E-state index in [0.29, 0.717) is 29.1 Å². The molecule has 0 aliphatic heterocycles. The number of benzene rings is 1. The summed E-state index contributed by atoms with van der Waals surface area (Å²) in [6, 6.07) is 4.54. The molecule has 2 N–H and O–H groups in total. The Kier molecular flexibility index (Phi) is 4.68. The lowest BCUT2D eigenvalue weighted by Crippen LogP contribution is -2.27. The monoisotopic (exact) mass is 388 g/mol. The first-order valence-corrected chi connectivity index (χ1v) is 8.89. The molecule has 9 heteroatoms. The van der Waals surface area contributed by atoms with Gasteiger partial charge in [0.15, 0.2) is 17.3 Å². The molecule has 1 aromatic carbocycles. The number of aliphatic hydroxyl groups is 1. The maximum Gasteiger partial charge on any atom is 0.295 e. The first-order chi connectivity index (χ1) is 13.4. The molecule has 28 heavy (non-hydrogen) atoms. The van der Waals surface area contributed by atoms with E-state index in [1.165, 1.54) is 23.8 Å². The van der Waals surface area contributed by atoms with Crippen LogP contribution in [0.15, 0.2) is 35.3 Å². The van der Waals surface area contributed by atoms with Gasteiger partial charge in [0.25, 0.3) is 5.56 Å². The van der Waals surface area contributed by atoms with Gasteiger partial charge in [-0.3, -0.25) is 9.36 Å². The highest BCUT2D eigenvalue weighted by molar-refractivity contribution is 5.77. The van der Waals surface area contributed by atoms with E-state index in [0.717, 1.165) is 25.0 Å². The summed E-state index contributed by atoms with van der Waals surface area (Å²) in [5.74, 6) is -1.74. The Morgan fingerprint density at radius 3 is 2.79 bits per heavy atom. The molecule has 4 rings (SSSR count). The Labute approximate surface area is 158 Å². The van der Waals surface area contributed by atoms with Crippen LogP contribution < -0.4 is 15.6 Å². The molecule has 1 fully saturated rings. The summed E-state index contributed by atoms with van der Waals surface area (Å²) in [6.45, 7) is 1.51. The van der Waals surface area contributed by atoms with Gasteiger partial charge in [-0.2, -0.15) is 4.98 Å². The van der Waals surface area contributed by atoms with Gasteiger partial charge in [0, 0.05) is 23.7 Å². The van der Waals surface area contributed by atoms with Crippen LogP contribution in [0.1, 0.15) is 19.8 Å². The lowest BCUT2D eigenvalue weighted by molar-refractivity contribution is 0.173. The Balaban J connectivity index is 1.80. The number of hydrogen-bond acceptors (Lipinski definition) is 6. The summed E-state index contributed by atoms with van der Waals surface area (Å²) in [6.07, 6.45) is 2.78. The summed E-state index contributed by atoms with van der Waals surface area (Å²) in [7, 11) is 0. The van der Waals surface area contributed by atoms with Crippen molar-refractivity contribution >= 4 is 17.0 Å². The Hall–Kier alpha value is -3.07. The smallest absolute Gasteiger partial charge is 0.295 e. The maximum absolute atomic E-state index is 13.9. The van der Waals surface area contributed by atoms with Crippen LogP contribution in [0.4, 0.5) is 14.7 Å². The Morgan fingerprint density at radius 1 is 1.32 bits per heavy atom. The van der Waals surface area contributed by atoms with Crippen LogP contribution in [0.5, 0.6) is 11.5 Å². The van der Waals surface area contributed by atoms with Gasteiger partial charge in [-0.05, 0) is 38.0 Å². The summed E-state index contributed by atoms with van der Waals surface area (Å²) in [5, 5.41) is 13.5. The molecular weight excluding hydrogens is 370 g/mol. The molecule has 7 nitrogen and oxygen atoms in total. The molecule has 2 heterocycles. The highest BCUT2D eigenvalue weighted by Gasteiger charge is 2.23. The van der Waals surface area contributed by atoms with Gasteiger partial charge in [0.05, 0.1) is 12.6 Å². The van der Waals surface area contributed by atoms with Crippen LogP contribution in [-0.2, 0) is 6.54 Å². The predicted molar refractivity (Wildman–Crippen MR) is 98.6 cm³/mol. The number of nitrogens with one attached hydrogen (secondary N) is 1. The second kappa shape index (κ2) is 7.16. The summed E-state index contributed by atoms with van der Waals surface area (Å²) in [4.78, 5) is 21.5. The molecule has 1 saturated carbocycles. The average Bonchev–Trinajstić information content (AvgIpc) is 3.45. The topological polar surface area (TPSA) is 89.3 Å². The fourth-order valence-corrected chi connectivity index (χ4v) is 2.80. The van der Waals surface area contributed by atoms with E-state index in [-0.39, 0.29) is 18.0 Å². The standard InChI is InChI=1S/C19H18F2N4O3/c1-10(26)9-25-17-11(8-22-19(24-17)23-13-3-4-13)6-16(18(25)27)28-15-5-2-12(20)7-14(15)21/h2,5-8,10,13,26H,3-4,9H2,1H3,(H,22,23,24)/t10-/m0/s1. The van der Waals surface area contributed by atoms with Crippen molar-refractivity contribution in [2.75, 3.05) is 5.32 Å². The summed E-state index contributed by atoms with van der Waals surface area (Å²) in [5.41, 5.74) is -0.260. The zero-order valence-corrected chi connectivity index (χ0v) is 15.0. The van der Waals surface area contributed by atoms with E-state index in [9.17, 15) is 18.7 Å². The molecular formula is C19H18F2N4O3. The molecule has 1 aliphatic rings. The summed E-state index contributed by atoms with van der Waals surface area (Å²) >= 11 is 0. The van der Waals surface area contributed by atoms with Crippen molar-refractivity contribution in [3.05, 3.63) is 52.5 Å². The number of aliphatic hydroxyl groups excluding tert-OH is 1. The minimum absolute atomic E-state index is 0.0294. The lowest BCUT2D eigenvalue weighted by Gasteiger charge is -2.15. The van der Waals surface area contributed by atoms with Crippen LogP contribution >= 0.6 is 0 Å². The first-order valence-electron chi connectivity index (χ1n) is 8.89. The molecule has 0 unspecified atom stereocenters. The molecule has 2 aromatic heterocycles. The molecule has 0 spiro atoms. The van der Waals surface area contributed by atoms with Crippen LogP contribution in [0.25, 0.3) is 11.0 Å². The van der Waals surface area contributed by atoms with Gasteiger partial charge in [-0.25, -0.2) is 13.8 Å². The van der Waals surface area contributed by atoms with Crippen LogP contribution in [0.3, 0.4) is 0 Å². The highest BCUT2D eigenvalue weighted by Crippen LogP contribution is 2.26. The average molecular weight is 388 g/mol. The van der Waals surface area contributed by atoms with E-state index < -0.39 is 23.3 Å². The van der Waals surface area contributed by atoms with Crippen molar-refractivity contribution in [2.45, 2.75) is 38.5 Å². The van der Waals surface area contributed by atoms with E-state index in [1.807, 2.05) is 0 Å². The molecule has 146 valence electrons. The Morgan fingerprint density at radius 2 is 2.11 bits per heavy atom. The van der Waals surface area contributed by atoms with Gasteiger partial charge in [0.2, 0.25) is 5.95 Å². The second-order valence-corrected chi connectivity index (χ2v) is 6.84. The van der Waals surface area contributed by atoms with E-state index >= 15 is 0 Å². The number of aromatic nitrogens is 3.